The van der Waals surface area contributed by atoms with Gasteiger partial charge in [-0.15, -0.1) is 0 Å². The largest absolute Gasteiger partial charge is 0.459 e. The number of carbonyl (C=O) groups excluding carboxylic acids is 2. The number of hydrogen-bond donors (Lipinski definition) is 3. The van der Waals surface area contributed by atoms with Crippen molar-refractivity contribution in [2.24, 2.45) is 10.8 Å². The van der Waals surface area contributed by atoms with Gasteiger partial charge in [0.15, 0.2) is 5.78 Å². The fourth-order valence-electron chi connectivity index (χ4n) is 5.37. The smallest absolute Gasteiger partial charge is 0.303 e. The van der Waals surface area contributed by atoms with Gasteiger partial charge < -0.3 is 29.5 Å². The first-order chi connectivity index (χ1) is 11.7. The molecule has 0 amide bonds. The lowest BCUT2D eigenvalue weighted by Crippen LogP contribution is -2.72. The van der Waals surface area contributed by atoms with Crippen LogP contribution in [0.25, 0.3) is 0 Å². The van der Waals surface area contributed by atoms with E-state index in [4.69, 9.17) is 14.2 Å². The summed E-state index contributed by atoms with van der Waals surface area (Å²) >= 11 is 0. The van der Waals surface area contributed by atoms with Gasteiger partial charge in [0.25, 0.3) is 0 Å². The number of ether oxygens (including phenoxy) is 3. The van der Waals surface area contributed by atoms with Crippen molar-refractivity contribution in [2.75, 3.05) is 13.2 Å². The maximum atomic E-state index is 12.5. The van der Waals surface area contributed by atoms with Gasteiger partial charge in [-0.25, -0.2) is 0 Å². The Hall–Kier alpha value is -1.32. The summed E-state index contributed by atoms with van der Waals surface area (Å²) in [5.74, 6) is -1.13. The molecule has 2 aliphatic heterocycles. The molecule has 0 unspecified atom stereocenters. The normalized spacial score (nSPS) is 53.4. The van der Waals surface area contributed by atoms with Gasteiger partial charge in [0.2, 0.25) is 0 Å². The highest BCUT2D eigenvalue weighted by atomic mass is 16.7. The summed E-state index contributed by atoms with van der Waals surface area (Å²) in [4.78, 5) is 24.1. The van der Waals surface area contributed by atoms with E-state index in [1.54, 1.807) is 19.9 Å². The van der Waals surface area contributed by atoms with E-state index in [9.17, 15) is 24.9 Å². The van der Waals surface area contributed by atoms with Crippen molar-refractivity contribution >= 4 is 11.8 Å². The van der Waals surface area contributed by atoms with E-state index in [-0.39, 0.29) is 6.61 Å². The molecule has 0 radical (unpaired) electrons. The molecule has 1 spiro atoms. The van der Waals surface area contributed by atoms with E-state index in [2.05, 4.69) is 0 Å². The van der Waals surface area contributed by atoms with Gasteiger partial charge in [-0.2, -0.15) is 0 Å². The maximum Gasteiger partial charge on any atom is 0.303 e. The Labute approximate surface area is 144 Å². The highest BCUT2D eigenvalue weighted by molar-refractivity contribution is 6.00. The van der Waals surface area contributed by atoms with Crippen molar-refractivity contribution in [2.45, 2.75) is 56.9 Å². The molecule has 8 atom stereocenters. The minimum atomic E-state index is -1.57. The molecule has 25 heavy (non-hydrogen) atoms. The van der Waals surface area contributed by atoms with E-state index in [0.29, 0.717) is 5.57 Å². The minimum Gasteiger partial charge on any atom is -0.459 e. The summed E-state index contributed by atoms with van der Waals surface area (Å²) in [7, 11) is 0. The van der Waals surface area contributed by atoms with E-state index >= 15 is 0 Å². The van der Waals surface area contributed by atoms with Crippen LogP contribution < -0.4 is 0 Å². The Morgan fingerprint density at radius 1 is 1.44 bits per heavy atom. The quantitative estimate of drug-likeness (QED) is 0.413. The zero-order chi connectivity index (χ0) is 18.4. The molecule has 0 aromatic heterocycles. The van der Waals surface area contributed by atoms with Crippen molar-refractivity contribution in [1.29, 1.82) is 0 Å². The van der Waals surface area contributed by atoms with Crippen LogP contribution in [0, 0.1) is 10.8 Å². The average molecular weight is 354 g/mol. The van der Waals surface area contributed by atoms with E-state index in [1.165, 1.54) is 6.92 Å². The number of carbonyl (C=O) groups is 2. The lowest BCUT2D eigenvalue weighted by molar-refractivity contribution is -0.255. The molecule has 0 aromatic carbocycles. The third-order valence-corrected chi connectivity index (χ3v) is 6.83. The lowest BCUT2D eigenvalue weighted by atomic mass is 9.50. The molecule has 138 valence electrons. The zero-order valence-corrected chi connectivity index (χ0v) is 14.3. The zero-order valence-electron chi connectivity index (χ0n) is 14.3. The number of fused-ring (bicyclic) bond motifs is 2. The van der Waals surface area contributed by atoms with Crippen LogP contribution in [0.3, 0.4) is 0 Å². The summed E-state index contributed by atoms with van der Waals surface area (Å²) in [6.07, 6.45) is -3.87. The van der Waals surface area contributed by atoms with Gasteiger partial charge >= 0.3 is 5.97 Å². The van der Waals surface area contributed by atoms with Crippen molar-refractivity contribution in [3.8, 4) is 0 Å². The Morgan fingerprint density at radius 3 is 2.60 bits per heavy atom. The highest BCUT2D eigenvalue weighted by Gasteiger charge is 2.87. The highest BCUT2D eigenvalue weighted by Crippen LogP contribution is 2.71. The molecule has 2 aliphatic carbocycles. The molecule has 8 heteroatoms. The first-order valence-corrected chi connectivity index (χ1v) is 8.33. The summed E-state index contributed by atoms with van der Waals surface area (Å²) in [6.45, 7) is 4.11. The van der Waals surface area contributed by atoms with Gasteiger partial charge in [0.05, 0.1) is 30.1 Å². The topological polar surface area (TPSA) is 126 Å². The Morgan fingerprint density at radius 2 is 2.08 bits per heavy atom. The van der Waals surface area contributed by atoms with Crippen LogP contribution in [-0.4, -0.2) is 76.4 Å². The van der Waals surface area contributed by atoms with Crippen molar-refractivity contribution in [3.63, 3.8) is 0 Å². The predicted molar refractivity (Wildman–Crippen MR) is 81.3 cm³/mol. The second-order valence-corrected chi connectivity index (χ2v) is 7.69. The van der Waals surface area contributed by atoms with Crippen LogP contribution in [0.15, 0.2) is 11.6 Å². The molecule has 2 bridgehead atoms. The van der Waals surface area contributed by atoms with Crippen LogP contribution in [-0.2, 0) is 23.8 Å². The number of aliphatic hydroxyl groups excluding tert-OH is 3. The molecular formula is C17H22O8. The van der Waals surface area contributed by atoms with E-state index < -0.39 is 65.3 Å². The van der Waals surface area contributed by atoms with Gasteiger partial charge in [-0.3, -0.25) is 9.59 Å². The number of rotatable bonds is 2. The average Bonchev–Trinajstić information content (AvgIpc) is 3.33. The van der Waals surface area contributed by atoms with Gasteiger partial charge in [-0.1, -0.05) is 6.92 Å². The van der Waals surface area contributed by atoms with Crippen molar-refractivity contribution in [1.82, 2.24) is 0 Å². The third-order valence-electron chi connectivity index (χ3n) is 6.83. The van der Waals surface area contributed by atoms with Crippen LogP contribution in [0.1, 0.15) is 20.8 Å². The van der Waals surface area contributed by atoms with Crippen LogP contribution >= 0.6 is 0 Å². The summed E-state index contributed by atoms with van der Waals surface area (Å²) < 4.78 is 17.1. The molecule has 0 aromatic rings. The van der Waals surface area contributed by atoms with Crippen LogP contribution in [0.2, 0.25) is 0 Å². The molecule has 3 N–H and O–H groups in total. The number of hydrogen-bond acceptors (Lipinski definition) is 8. The minimum absolute atomic E-state index is 0.223. The Kier molecular flexibility index (Phi) is 3.35. The molecule has 4 rings (SSSR count). The molecule has 1 saturated carbocycles. The first-order valence-electron chi connectivity index (χ1n) is 8.33. The number of aliphatic hydroxyl groups is 3. The van der Waals surface area contributed by atoms with Crippen LogP contribution in [0.4, 0.5) is 0 Å². The monoisotopic (exact) mass is 354 g/mol. The predicted octanol–water partition coefficient (Wildman–Crippen LogP) is -1.30. The maximum absolute atomic E-state index is 12.5. The first kappa shape index (κ1) is 17.1. The van der Waals surface area contributed by atoms with Crippen molar-refractivity contribution < 1.29 is 39.1 Å². The fourth-order valence-corrected chi connectivity index (χ4v) is 5.37. The number of esters is 1. The molecular weight excluding hydrogens is 332 g/mol. The molecule has 3 fully saturated rings. The molecule has 2 saturated heterocycles. The molecule has 8 nitrogen and oxygen atoms in total. The lowest BCUT2D eigenvalue weighted by Gasteiger charge is -2.58. The second-order valence-electron chi connectivity index (χ2n) is 7.69. The fraction of sp³-hybridized carbons (Fsp3) is 0.765. The van der Waals surface area contributed by atoms with Crippen molar-refractivity contribution in [3.05, 3.63) is 11.6 Å². The SMILES string of the molecule is CC(=O)O[C@H]1[C@H](O)[C@@H]2O[C@H]3C=C(C)C(=O)[C@@H](O)[C@@]3(CO)[C@@]1(C)[C@@]21CO1. The van der Waals surface area contributed by atoms with E-state index in [1.807, 2.05) is 0 Å². The summed E-state index contributed by atoms with van der Waals surface area (Å²) in [6, 6.07) is 0. The Bertz CT molecular complexity index is 682. The second kappa shape index (κ2) is 4.89. The van der Waals surface area contributed by atoms with E-state index in [0.717, 1.165) is 0 Å². The molecule has 2 heterocycles. The summed E-state index contributed by atoms with van der Waals surface area (Å²) in [5.41, 5.74) is -3.39. The van der Waals surface area contributed by atoms with Crippen LogP contribution in [0.5, 0.6) is 0 Å². The number of epoxide rings is 1. The number of Topliss-reactive ketones (excluding diaryl/α,β-unsaturated/α-hetero) is 1. The Balaban J connectivity index is 1.96. The van der Waals surface area contributed by atoms with Gasteiger partial charge in [0, 0.05) is 6.92 Å². The van der Waals surface area contributed by atoms with Gasteiger partial charge in [-0.05, 0) is 18.6 Å². The standard InChI is InChI=1S/C17H22O8/c1-7-4-9-16(5-18,12(22)10(7)20)15(3)13(24-8(2)19)11(21)14(25-9)17(15)6-23-17/h4,9,11-14,18,21-22H,5-6H2,1-3H3/t9-,11-,12+,13-,14-,15-,16-,17+/m0/s1. The van der Waals surface area contributed by atoms with Gasteiger partial charge in [0.1, 0.15) is 30.0 Å². The summed E-state index contributed by atoms with van der Waals surface area (Å²) in [5, 5.41) is 32.0. The third kappa shape index (κ3) is 1.65. The number of ketones is 1. The molecule has 4 aliphatic rings.